The molecule has 0 spiro atoms. The van der Waals surface area contributed by atoms with Gasteiger partial charge >= 0.3 is 0 Å². The maximum atomic E-state index is 12.0. The molecule has 0 aliphatic rings. The van der Waals surface area contributed by atoms with Crippen LogP contribution >= 0.6 is 0 Å². The third kappa shape index (κ3) is 4.32. The minimum atomic E-state index is -0.0458. The number of nitrogens with one attached hydrogen (secondary N) is 1. The van der Waals surface area contributed by atoms with Gasteiger partial charge in [0, 0.05) is 24.9 Å². The second-order valence-electron chi connectivity index (χ2n) is 4.59. The molecule has 3 nitrogen and oxygen atoms in total. The third-order valence-electron chi connectivity index (χ3n) is 2.84. The van der Waals surface area contributed by atoms with E-state index >= 15 is 0 Å². The van der Waals surface area contributed by atoms with E-state index in [-0.39, 0.29) is 24.5 Å². The van der Waals surface area contributed by atoms with E-state index in [0.29, 0.717) is 6.54 Å². The van der Waals surface area contributed by atoms with Crippen LogP contribution in [0.2, 0.25) is 0 Å². The maximum absolute atomic E-state index is 12.0. The molecule has 1 aromatic carbocycles. The Morgan fingerprint density at radius 3 is 2.56 bits per heavy atom. The normalized spacial score (nSPS) is 10.2. The average molecular weight is 247 g/mol. The highest BCUT2D eigenvalue weighted by atomic mass is 16.2. The molecule has 0 radical (unpaired) electrons. The molecular weight excluding hydrogens is 226 g/mol. The van der Waals surface area contributed by atoms with Gasteiger partial charge in [-0.1, -0.05) is 24.6 Å². The van der Waals surface area contributed by atoms with E-state index in [0.717, 1.165) is 23.1 Å². The predicted octanol–water partition coefficient (Wildman–Crippen LogP) is 2.79. The minimum absolute atomic E-state index is 0.0443. The molecule has 18 heavy (non-hydrogen) atoms. The van der Waals surface area contributed by atoms with E-state index in [1.165, 1.54) is 0 Å². The Morgan fingerprint density at radius 2 is 1.89 bits per heavy atom. The number of carbonyl (C=O) groups excluding carboxylic acids is 2. The van der Waals surface area contributed by atoms with Crippen molar-refractivity contribution in [3.8, 4) is 0 Å². The van der Waals surface area contributed by atoms with Crippen molar-refractivity contribution in [3.05, 3.63) is 34.9 Å². The van der Waals surface area contributed by atoms with E-state index in [1.54, 1.807) is 0 Å². The quantitative estimate of drug-likeness (QED) is 0.786. The van der Waals surface area contributed by atoms with E-state index in [9.17, 15) is 9.59 Å². The Kier molecular flexibility index (Phi) is 5.56. The molecule has 0 aromatic heterocycles. The molecular formula is C15H21NO2. The van der Waals surface area contributed by atoms with Crippen LogP contribution in [-0.2, 0) is 4.79 Å². The van der Waals surface area contributed by atoms with Gasteiger partial charge in [0.15, 0.2) is 5.78 Å². The van der Waals surface area contributed by atoms with Crippen molar-refractivity contribution in [2.45, 2.75) is 40.0 Å². The van der Waals surface area contributed by atoms with Crippen LogP contribution in [0.5, 0.6) is 0 Å². The van der Waals surface area contributed by atoms with Crippen LogP contribution in [0.15, 0.2) is 18.2 Å². The maximum Gasteiger partial charge on any atom is 0.220 e. The molecule has 0 aliphatic heterocycles. The number of hydrogen-bond acceptors (Lipinski definition) is 2. The van der Waals surface area contributed by atoms with Gasteiger partial charge in [0.25, 0.3) is 0 Å². The summed E-state index contributed by atoms with van der Waals surface area (Å²) in [7, 11) is 0. The van der Waals surface area contributed by atoms with E-state index in [4.69, 9.17) is 0 Å². The van der Waals surface area contributed by atoms with Crippen molar-refractivity contribution in [2.75, 3.05) is 6.54 Å². The SMILES string of the molecule is CCCNC(=O)CCC(=O)c1cc(C)ccc1C. The summed E-state index contributed by atoms with van der Waals surface area (Å²) in [5.41, 5.74) is 2.78. The van der Waals surface area contributed by atoms with E-state index in [1.807, 2.05) is 39.0 Å². The summed E-state index contributed by atoms with van der Waals surface area (Å²) < 4.78 is 0. The summed E-state index contributed by atoms with van der Waals surface area (Å²) in [5.74, 6) is -0.00152. The minimum Gasteiger partial charge on any atom is -0.356 e. The number of Topliss-reactive ketones (excluding diaryl/α,β-unsaturated/α-hetero) is 1. The van der Waals surface area contributed by atoms with Crippen LogP contribution in [-0.4, -0.2) is 18.2 Å². The van der Waals surface area contributed by atoms with Gasteiger partial charge in [0.05, 0.1) is 0 Å². The molecule has 0 heterocycles. The molecule has 1 amide bonds. The highest BCUT2D eigenvalue weighted by molar-refractivity contribution is 5.99. The summed E-state index contributed by atoms with van der Waals surface area (Å²) in [6.45, 7) is 6.56. The lowest BCUT2D eigenvalue weighted by Gasteiger charge is -2.06. The van der Waals surface area contributed by atoms with Gasteiger partial charge in [-0.25, -0.2) is 0 Å². The first-order valence-electron chi connectivity index (χ1n) is 6.41. The van der Waals surface area contributed by atoms with Crippen LogP contribution in [0.25, 0.3) is 0 Å². The molecule has 98 valence electrons. The lowest BCUT2D eigenvalue weighted by atomic mass is 9.99. The summed E-state index contributed by atoms with van der Waals surface area (Å²) >= 11 is 0. The van der Waals surface area contributed by atoms with Crippen molar-refractivity contribution < 1.29 is 9.59 Å². The van der Waals surface area contributed by atoms with Crippen LogP contribution in [0.3, 0.4) is 0 Å². The fraction of sp³-hybridized carbons (Fsp3) is 0.467. The van der Waals surface area contributed by atoms with Crippen LogP contribution in [0.4, 0.5) is 0 Å². The number of benzene rings is 1. The first-order chi connectivity index (χ1) is 8.54. The summed E-state index contributed by atoms with van der Waals surface area (Å²) in [6.07, 6.45) is 1.46. The van der Waals surface area contributed by atoms with Gasteiger partial charge in [-0.3, -0.25) is 9.59 Å². The number of aryl methyl sites for hydroxylation is 2. The molecule has 0 aliphatic carbocycles. The zero-order chi connectivity index (χ0) is 13.5. The van der Waals surface area contributed by atoms with Gasteiger partial charge in [0.2, 0.25) is 5.91 Å². The van der Waals surface area contributed by atoms with Crippen LogP contribution < -0.4 is 5.32 Å². The summed E-state index contributed by atoms with van der Waals surface area (Å²) in [6, 6.07) is 5.82. The van der Waals surface area contributed by atoms with E-state index in [2.05, 4.69) is 5.32 Å². The molecule has 1 aromatic rings. The largest absolute Gasteiger partial charge is 0.356 e. The van der Waals surface area contributed by atoms with Crippen molar-refractivity contribution in [2.24, 2.45) is 0 Å². The van der Waals surface area contributed by atoms with Crippen molar-refractivity contribution >= 4 is 11.7 Å². The third-order valence-corrected chi connectivity index (χ3v) is 2.84. The molecule has 3 heteroatoms. The van der Waals surface area contributed by atoms with E-state index < -0.39 is 0 Å². The Balaban J connectivity index is 2.55. The van der Waals surface area contributed by atoms with Gasteiger partial charge in [-0.15, -0.1) is 0 Å². The Morgan fingerprint density at radius 1 is 1.17 bits per heavy atom. The average Bonchev–Trinajstić information content (AvgIpc) is 2.36. The second-order valence-corrected chi connectivity index (χ2v) is 4.59. The number of amides is 1. The van der Waals surface area contributed by atoms with Gasteiger partial charge < -0.3 is 5.32 Å². The standard InChI is InChI=1S/C15H21NO2/c1-4-9-16-15(18)8-7-14(17)13-10-11(2)5-6-12(13)3/h5-6,10H,4,7-9H2,1-3H3,(H,16,18). The first kappa shape index (κ1) is 14.4. The van der Waals surface area contributed by atoms with Crippen molar-refractivity contribution in [1.29, 1.82) is 0 Å². The Bertz CT molecular complexity index is 438. The number of ketones is 1. The highest BCUT2D eigenvalue weighted by Gasteiger charge is 2.11. The summed E-state index contributed by atoms with van der Waals surface area (Å²) in [5, 5.41) is 2.77. The second kappa shape index (κ2) is 6.94. The van der Waals surface area contributed by atoms with Gasteiger partial charge in [-0.05, 0) is 31.9 Å². The number of hydrogen-bond donors (Lipinski definition) is 1. The molecule has 0 atom stereocenters. The lowest BCUT2D eigenvalue weighted by Crippen LogP contribution is -2.24. The Labute approximate surface area is 109 Å². The zero-order valence-electron chi connectivity index (χ0n) is 11.4. The molecule has 0 unspecified atom stereocenters. The van der Waals surface area contributed by atoms with Crippen molar-refractivity contribution in [3.63, 3.8) is 0 Å². The molecule has 1 rings (SSSR count). The van der Waals surface area contributed by atoms with Crippen molar-refractivity contribution in [1.82, 2.24) is 5.32 Å². The summed E-state index contributed by atoms with van der Waals surface area (Å²) in [4.78, 5) is 23.4. The molecule has 1 N–H and O–H groups in total. The fourth-order valence-electron chi connectivity index (χ4n) is 1.75. The monoisotopic (exact) mass is 247 g/mol. The zero-order valence-corrected chi connectivity index (χ0v) is 11.4. The molecule has 0 saturated carbocycles. The lowest BCUT2D eigenvalue weighted by molar-refractivity contribution is -0.121. The highest BCUT2D eigenvalue weighted by Crippen LogP contribution is 2.13. The Hall–Kier alpha value is -1.64. The first-order valence-corrected chi connectivity index (χ1v) is 6.41. The molecule has 0 fully saturated rings. The number of rotatable bonds is 6. The topological polar surface area (TPSA) is 46.2 Å². The van der Waals surface area contributed by atoms with Gasteiger partial charge in [-0.2, -0.15) is 0 Å². The predicted molar refractivity (Wildman–Crippen MR) is 72.8 cm³/mol. The van der Waals surface area contributed by atoms with Crippen LogP contribution in [0.1, 0.15) is 47.7 Å². The molecule has 0 bridgehead atoms. The fourth-order valence-corrected chi connectivity index (χ4v) is 1.75. The molecule has 0 saturated heterocycles. The van der Waals surface area contributed by atoms with Crippen LogP contribution in [0, 0.1) is 13.8 Å². The van der Waals surface area contributed by atoms with Gasteiger partial charge in [0.1, 0.15) is 0 Å². The number of carbonyl (C=O) groups is 2. The smallest absolute Gasteiger partial charge is 0.220 e.